The van der Waals surface area contributed by atoms with Gasteiger partial charge in [-0.2, -0.15) is 0 Å². The molecule has 1 atom stereocenters. The highest BCUT2D eigenvalue weighted by Crippen LogP contribution is 2.34. The van der Waals surface area contributed by atoms with Gasteiger partial charge in [0.15, 0.2) is 0 Å². The van der Waals surface area contributed by atoms with Gasteiger partial charge >= 0.3 is 0 Å². The van der Waals surface area contributed by atoms with Crippen molar-refractivity contribution in [1.29, 1.82) is 0 Å². The maximum atomic E-state index is 6.30. The molecular formula is C16H31N. The van der Waals surface area contributed by atoms with Crippen LogP contribution in [-0.2, 0) is 0 Å². The Morgan fingerprint density at radius 1 is 1.29 bits per heavy atom. The van der Waals surface area contributed by atoms with Crippen molar-refractivity contribution in [3.8, 4) is 0 Å². The van der Waals surface area contributed by atoms with Crippen molar-refractivity contribution in [3.05, 3.63) is 12.2 Å². The average molecular weight is 237 g/mol. The maximum Gasteiger partial charge on any atom is 0.00702 e. The first-order valence-corrected chi connectivity index (χ1v) is 7.53. The van der Waals surface area contributed by atoms with Crippen LogP contribution in [0.4, 0.5) is 0 Å². The Labute approximate surface area is 108 Å². The first kappa shape index (κ1) is 14.8. The number of hydrogen-bond donors (Lipinski definition) is 1. The molecule has 100 valence electrons. The molecule has 0 aromatic heterocycles. The SMILES string of the molecule is C=C(C)CCC(N)C1CCC(CCCC)CC1. The molecular weight excluding hydrogens is 206 g/mol. The fourth-order valence-electron chi connectivity index (χ4n) is 3.05. The second kappa shape index (κ2) is 7.92. The Hall–Kier alpha value is -0.300. The van der Waals surface area contributed by atoms with E-state index in [1.165, 1.54) is 50.5 Å². The summed E-state index contributed by atoms with van der Waals surface area (Å²) in [5.41, 5.74) is 7.58. The van der Waals surface area contributed by atoms with E-state index < -0.39 is 0 Å². The third kappa shape index (κ3) is 5.72. The van der Waals surface area contributed by atoms with E-state index in [9.17, 15) is 0 Å². The monoisotopic (exact) mass is 237 g/mol. The van der Waals surface area contributed by atoms with E-state index in [1.807, 2.05) is 0 Å². The molecule has 0 saturated heterocycles. The number of rotatable bonds is 7. The summed E-state index contributed by atoms with van der Waals surface area (Å²) in [7, 11) is 0. The molecule has 1 nitrogen and oxygen atoms in total. The molecule has 1 saturated carbocycles. The number of unbranched alkanes of at least 4 members (excludes halogenated alkanes) is 1. The summed E-state index contributed by atoms with van der Waals surface area (Å²) in [6.45, 7) is 8.36. The zero-order chi connectivity index (χ0) is 12.7. The van der Waals surface area contributed by atoms with Gasteiger partial charge in [-0.1, -0.05) is 44.6 Å². The lowest BCUT2D eigenvalue weighted by Crippen LogP contribution is -2.33. The van der Waals surface area contributed by atoms with E-state index in [4.69, 9.17) is 5.73 Å². The van der Waals surface area contributed by atoms with Crippen LogP contribution >= 0.6 is 0 Å². The first-order valence-electron chi connectivity index (χ1n) is 7.53. The van der Waals surface area contributed by atoms with Crippen molar-refractivity contribution in [2.45, 2.75) is 77.7 Å². The number of allylic oxidation sites excluding steroid dienone is 1. The van der Waals surface area contributed by atoms with Crippen LogP contribution in [0.15, 0.2) is 12.2 Å². The molecule has 1 rings (SSSR count). The lowest BCUT2D eigenvalue weighted by molar-refractivity contribution is 0.226. The van der Waals surface area contributed by atoms with E-state index in [2.05, 4.69) is 20.4 Å². The van der Waals surface area contributed by atoms with Crippen LogP contribution in [-0.4, -0.2) is 6.04 Å². The van der Waals surface area contributed by atoms with Gasteiger partial charge in [-0.05, 0) is 44.4 Å². The molecule has 0 heterocycles. The third-order valence-corrected chi connectivity index (χ3v) is 4.37. The molecule has 0 aliphatic heterocycles. The first-order chi connectivity index (χ1) is 8.13. The number of hydrogen-bond acceptors (Lipinski definition) is 1. The lowest BCUT2D eigenvalue weighted by Gasteiger charge is -2.32. The van der Waals surface area contributed by atoms with Gasteiger partial charge in [-0.25, -0.2) is 0 Å². The van der Waals surface area contributed by atoms with E-state index in [-0.39, 0.29) is 0 Å². The minimum atomic E-state index is 0.416. The van der Waals surface area contributed by atoms with Crippen LogP contribution < -0.4 is 5.73 Å². The van der Waals surface area contributed by atoms with Gasteiger partial charge in [0.1, 0.15) is 0 Å². The Kier molecular flexibility index (Phi) is 6.87. The number of nitrogens with two attached hydrogens (primary N) is 1. The Bertz CT molecular complexity index is 214. The van der Waals surface area contributed by atoms with E-state index in [0.717, 1.165) is 24.7 Å². The van der Waals surface area contributed by atoms with Crippen LogP contribution in [0.25, 0.3) is 0 Å². The molecule has 1 aliphatic rings. The predicted molar refractivity (Wildman–Crippen MR) is 77.0 cm³/mol. The lowest BCUT2D eigenvalue weighted by atomic mass is 9.76. The van der Waals surface area contributed by atoms with E-state index in [1.54, 1.807) is 0 Å². The van der Waals surface area contributed by atoms with Crippen molar-refractivity contribution in [2.75, 3.05) is 0 Å². The fourth-order valence-corrected chi connectivity index (χ4v) is 3.05. The molecule has 1 unspecified atom stereocenters. The molecule has 1 heteroatoms. The molecule has 17 heavy (non-hydrogen) atoms. The van der Waals surface area contributed by atoms with Crippen molar-refractivity contribution in [2.24, 2.45) is 17.6 Å². The molecule has 0 bridgehead atoms. The van der Waals surface area contributed by atoms with Gasteiger partial charge in [-0.15, -0.1) is 6.58 Å². The van der Waals surface area contributed by atoms with Gasteiger partial charge in [0.25, 0.3) is 0 Å². The van der Waals surface area contributed by atoms with Crippen LogP contribution in [0, 0.1) is 11.8 Å². The average Bonchev–Trinajstić information content (AvgIpc) is 2.34. The van der Waals surface area contributed by atoms with Gasteiger partial charge < -0.3 is 5.73 Å². The highest BCUT2D eigenvalue weighted by Gasteiger charge is 2.24. The van der Waals surface area contributed by atoms with Crippen molar-refractivity contribution >= 4 is 0 Å². The maximum absolute atomic E-state index is 6.30. The molecule has 0 aromatic carbocycles. The minimum absolute atomic E-state index is 0.416. The Balaban J connectivity index is 2.19. The smallest absolute Gasteiger partial charge is 0.00702 e. The van der Waals surface area contributed by atoms with Gasteiger partial charge in [-0.3, -0.25) is 0 Å². The Morgan fingerprint density at radius 2 is 1.94 bits per heavy atom. The second-order valence-corrected chi connectivity index (χ2v) is 6.08. The summed E-state index contributed by atoms with van der Waals surface area (Å²) in [4.78, 5) is 0. The molecule has 0 spiro atoms. The highest BCUT2D eigenvalue weighted by molar-refractivity contribution is 4.90. The van der Waals surface area contributed by atoms with Crippen LogP contribution in [0.1, 0.15) is 71.6 Å². The van der Waals surface area contributed by atoms with Crippen molar-refractivity contribution in [3.63, 3.8) is 0 Å². The second-order valence-electron chi connectivity index (χ2n) is 6.08. The molecule has 0 radical (unpaired) electrons. The summed E-state index contributed by atoms with van der Waals surface area (Å²) >= 11 is 0. The van der Waals surface area contributed by atoms with Gasteiger partial charge in [0.05, 0.1) is 0 Å². The van der Waals surface area contributed by atoms with Crippen LogP contribution in [0.5, 0.6) is 0 Å². The predicted octanol–water partition coefficient (Wildman–Crippen LogP) is 4.67. The summed E-state index contributed by atoms with van der Waals surface area (Å²) in [6, 6.07) is 0.416. The molecule has 1 fully saturated rings. The fraction of sp³-hybridized carbons (Fsp3) is 0.875. The normalized spacial score (nSPS) is 26.8. The van der Waals surface area contributed by atoms with Crippen LogP contribution in [0.2, 0.25) is 0 Å². The zero-order valence-corrected chi connectivity index (χ0v) is 11.9. The summed E-state index contributed by atoms with van der Waals surface area (Å²) < 4.78 is 0. The third-order valence-electron chi connectivity index (χ3n) is 4.37. The highest BCUT2D eigenvalue weighted by atomic mass is 14.6. The molecule has 1 aliphatic carbocycles. The Morgan fingerprint density at radius 3 is 2.47 bits per heavy atom. The van der Waals surface area contributed by atoms with Crippen molar-refractivity contribution < 1.29 is 0 Å². The van der Waals surface area contributed by atoms with Gasteiger partial charge in [0, 0.05) is 6.04 Å². The summed E-state index contributed by atoms with van der Waals surface area (Å²) in [5.74, 6) is 1.78. The summed E-state index contributed by atoms with van der Waals surface area (Å²) in [5, 5.41) is 0. The van der Waals surface area contributed by atoms with E-state index in [0.29, 0.717) is 6.04 Å². The van der Waals surface area contributed by atoms with Gasteiger partial charge in [0.2, 0.25) is 0 Å². The van der Waals surface area contributed by atoms with Crippen molar-refractivity contribution in [1.82, 2.24) is 0 Å². The topological polar surface area (TPSA) is 26.0 Å². The molecule has 0 aromatic rings. The minimum Gasteiger partial charge on any atom is -0.327 e. The van der Waals surface area contributed by atoms with E-state index >= 15 is 0 Å². The molecule has 0 amide bonds. The molecule has 2 N–H and O–H groups in total. The largest absolute Gasteiger partial charge is 0.327 e. The summed E-state index contributed by atoms with van der Waals surface area (Å²) in [6.07, 6.45) is 12.0. The van der Waals surface area contributed by atoms with Crippen LogP contribution in [0.3, 0.4) is 0 Å². The standard InChI is InChI=1S/C16H31N/c1-4-5-6-14-8-10-15(11-9-14)16(17)12-7-13(2)3/h14-16H,2,4-12,17H2,1,3H3. The quantitative estimate of drug-likeness (QED) is 0.640. The zero-order valence-electron chi connectivity index (χ0n) is 11.9.